The molecule has 136 valence electrons. The third kappa shape index (κ3) is 8.30. The van der Waals surface area contributed by atoms with Gasteiger partial charge >= 0.3 is 11.9 Å². The summed E-state index contributed by atoms with van der Waals surface area (Å²) in [6.07, 6.45) is 1.72. The Labute approximate surface area is 142 Å². The first-order chi connectivity index (χ1) is 11.4. The van der Waals surface area contributed by atoms with Crippen molar-refractivity contribution in [1.29, 1.82) is 0 Å². The van der Waals surface area contributed by atoms with Crippen LogP contribution in [0.4, 0.5) is 0 Å². The molecule has 0 heterocycles. The Balaban J connectivity index is 4.19. The Morgan fingerprint density at radius 3 is 1.21 bits per heavy atom. The summed E-state index contributed by atoms with van der Waals surface area (Å²) in [7, 11) is 0. The van der Waals surface area contributed by atoms with Crippen molar-refractivity contribution in [2.24, 2.45) is 0 Å². The number of rotatable bonds is 10. The van der Waals surface area contributed by atoms with Gasteiger partial charge in [-0.05, 0) is 27.7 Å². The van der Waals surface area contributed by atoms with Crippen LogP contribution in [0.25, 0.3) is 0 Å². The molecule has 0 bridgehead atoms. The van der Waals surface area contributed by atoms with Crippen molar-refractivity contribution in [3.05, 3.63) is 12.2 Å². The van der Waals surface area contributed by atoms with Gasteiger partial charge in [-0.15, -0.1) is 0 Å². The van der Waals surface area contributed by atoms with Crippen LogP contribution in [0.2, 0.25) is 0 Å². The van der Waals surface area contributed by atoms with E-state index in [0.29, 0.717) is 26.2 Å². The highest BCUT2D eigenvalue weighted by Gasteiger charge is 2.13. The van der Waals surface area contributed by atoms with Gasteiger partial charge in [-0.25, -0.2) is 9.59 Å². The zero-order valence-electron chi connectivity index (χ0n) is 14.7. The van der Waals surface area contributed by atoms with E-state index < -0.39 is 11.9 Å². The molecule has 0 aromatic carbocycles. The maximum absolute atomic E-state index is 11.6. The molecule has 0 atom stereocenters. The normalized spacial score (nSPS) is 10.3. The Hall–Kier alpha value is -2.38. The number of nitrogens with zero attached hydrogens (tertiary/aromatic N) is 2. The van der Waals surface area contributed by atoms with Gasteiger partial charge in [0.05, 0.1) is 0 Å². The fraction of sp³-hybridized carbons (Fsp3) is 0.625. The third-order valence-electron chi connectivity index (χ3n) is 3.26. The van der Waals surface area contributed by atoms with Gasteiger partial charge in [0.15, 0.2) is 13.2 Å². The van der Waals surface area contributed by atoms with Crippen molar-refractivity contribution in [2.75, 3.05) is 39.4 Å². The lowest BCUT2D eigenvalue weighted by atomic mass is 10.4. The van der Waals surface area contributed by atoms with Crippen LogP contribution in [0.15, 0.2) is 12.2 Å². The Morgan fingerprint density at radius 2 is 0.958 bits per heavy atom. The van der Waals surface area contributed by atoms with E-state index in [1.807, 2.05) is 27.7 Å². The number of amides is 2. The maximum Gasteiger partial charge on any atom is 0.331 e. The van der Waals surface area contributed by atoms with E-state index in [-0.39, 0.29) is 25.0 Å². The number of carbonyl (C=O) groups excluding carboxylic acids is 4. The molecule has 0 unspecified atom stereocenters. The molecule has 0 radical (unpaired) electrons. The van der Waals surface area contributed by atoms with Crippen molar-refractivity contribution in [2.45, 2.75) is 27.7 Å². The van der Waals surface area contributed by atoms with E-state index in [9.17, 15) is 19.2 Å². The summed E-state index contributed by atoms with van der Waals surface area (Å²) in [6, 6.07) is 0. The zero-order chi connectivity index (χ0) is 18.5. The lowest BCUT2D eigenvalue weighted by Gasteiger charge is -2.18. The standard InChI is InChI=1S/C16H26N2O6/c1-5-17(6-2)13(19)11-23-15(21)9-10-16(22)24-12-14(20)18(7-3)8-4/h9-10H,5-8,11-12H2,1-4H3/b10-9-. The van der Waals surface area contributed by atoms with Gasteiger partial charge in [0.25, 0.3) is 11.8 Å². The second-order valence-corrected chi connectivity index (χ2v) is 4.68. The average Bonchev–Trinajstić information content (AvgIpc) is 2.58. The summed E-state index contributed by atoms with van der Waals surface area (Å²) in [6.45, 7) is 8.59. The van der Waals surface area contributed by atoms with Gasteiger partial charge in [-0.3, -0.25) is 9.59 Å². The summed E-state index contributed by atoms with van der Waals surface area (Å²) in [4.78, 5) is 49.2. The van der Waals surface area contributed by atoms with E-state index in [1.54, 1.807) is 0 Å². The van der Waals surface area contributed by atoms with Crippen molar-refractivity contribution in [1.82, 2.24) is 9.80 Å². The van der Waals surface area contributed by atoms with Crippen LogP contribution < -0.4 is 0 Å². The largest absolute Gasteiger partial charge is 0.452 e. The van der Waals surface area contributed by atoms with Crippen molar-refractivity contribution in [3.63, 3.8) is 0 Å². The number of likely N-dealkylation sites (N-methyl/N-ethyl adjacent to an activating group) is 2. The third-order valence-corrected chi connectivity index (χ3v) is 3.26. The molecule has 0 aliphatic rings. The molecule has 2 amide bonds. The van der Waals surface area contributed by atoms with Crippen LogP contribution in [-0.4, -0.2) is 72.9 Å². The number of carbonyl (C=O) groups is 4. The fourth-order valence-corrected chi connectivity index (χ4v) is 1.83. The molecule has 0 aliphatic heterocycles. The zero-order valence-corrected chi connectivity index (χ0v) is 14.7. The lowest BCUT2D eigenvalue weighted by Crippen LogP contribution is -2.34. The Bertz CT molecular complexity index is 425. The first-order valence-electron chi connectivity index (χ1n) is 7.96. The monoisotopic (exact) mass is 342 g/mol. The van der Waals surface area contributed by atoms with Crippen LogP contribution >= 0.6 is 0 Å². The molecule has 0 N–H and O–H groups in total. The van der Waals surface area contributed by atoms with Gasteiger partial charge in [0.2, 0.25) is 0 Å². The average molecular weight is 342 g/mol. The van der Waals surface area contributed by atoms with Gasteiger partial charge in [0, 0.05) is 38.3 Å². The molecular weight excluding hydrogens is 316 g/mol. The first kappa shape index (κ1) is 21.6. The number of hydrogen-bond acceptors (Lipinski definition) is 6. The van der Waals surface area contributed by atoms with E-state index in [1.165, 1.54) is 9.80 Å². The molecule has 0 saturated heterocycles. The Kier molecular flexibility index (Phi) is 10.9. The summed E-state index contributed by atoms with van der Waals surface area (Å²) >= 11 is 0. The number of esters is 2. The molecule has 0 fully saturated rings. The number of ether oxygens (including phenoxy) is 2. The maximum atomic E-state index is 11.6. The van der Waals surface area contributed by atoms with Crippen molar-refractivity contribution >= 4 is 23.8 Å². The summed E-state index contributed by atoms with van der Waals surface area (Å²) < 4.78 is 9.48. The van der Waals surface area contributed by atoms with Crippen molar-refractivity contribution < 1.29 is 28.7 Å². The van der Waals surface area contributed by atoms with Gasteiger partial charge in [-0.1, -0.05) is 0 Å². The molecule has 0 rings (SSSR count). The van der Waals surface area contributed by atoms with E-state index in [4.69, 9.17) is 9.47 Å². The second-order valence-electron chi connectivity index (χ2n) is 4.68. The summed E-state index contributed by atoms with van der Waals surface area (Å²) in [5.41, 5.74) is 0. The molecule has 0 spiro atoms. The molecule has 0 saturated carbocycles. The molecule has 24 heavy (non-hydrogen) atoms. The highest BCUT2D eigenvalue weighted by molar-refractivity contribution is 5.93. The molecule has 8 nitrogen and oxygen atoms in total. The SMILES string of the molecule is CCN(CC)C(=O)COC(=O)/C=C\C(=O)OCC(=O)N(CC)CC. The summed E-state index contributed by atoms with van der Waals surface area (Å²) in [5, 5.41) is 0. The molecular formula is C16H26N2O6. The van der Waals surface area contributed by atoms with Crippen LogP contribution in [0.3, 0.4) is 0 Å². The quantitative estimate of drug-likeness (QED) is 0.420. The molecule has 0 aromatic heterocycles. The minimum Gasteiger partial charge on any atom is -0.452 e. The topological polar surface area (TPSA) is 93.2 Å². The van der Waals surface area contributed by atoms with Gasteiger partial charge in [0.1, 0.15) is 0 Å². The van der Waals surface area contributed by atoms with Crippen LogP contribution in [0, 0.1) is 0 Å². The second kappa shape index (κ2) is 12.1. The Morgan fingerprint density at radius 1 is 0.667 bits per heavy atom. The highest BCUT2D eigenvalue weighted by Crippen LogP contribution is 1.93. The van der Waals surface area contributed by atoms with Crippen LogP contribution in [0.1, 0.15) is 27.7 Å². The number of hydrogen-bond donors (Lipinski definition) is 0. The highest BCUT2D eigenvalue weighted by atomic mass is 16.5. The van der Waals surface area contributed by atoms with E-state index in [2.05, 4.69) is 0 Å². The van der Waals surface area contributed by atoms with E-state index in [0.717, 1.165) is 12.2 Å². The lowest BCUT2D eigenvalue weighted by molar-refractivity contribution is -0.149. The predicted molar refractivity (Wildman–Crippen MR) is 86.9 cm³/mol. The fourth-order valence-electron chi connectivity index (χ4n) is 1.83. The van der Waals surface area contributed by atoms with Crippen molar-refractivity contribution in [3.8, 4) is 0 Å². The smallest absolute Gasteiger partial charge is 0.331 e. The molecule has 0 aliphatic carbocycles. The predicted octanol–water partition coefficient (Wildman–Crippen LogP) is 0.366. The summed E-state index contributed by atoms with van der Waals surface area (Å²) in [5.74, 6) is -2.28. The molecule has 8 heteroatoms. The van der Waals surface area contributed by atoms with E-state index >= 15 is 0 Å². The minimum absolute atomic E-state index is 0.311. The van der Waals surface area contributed by atoms with Crippen LogP contribution in [-0.2, 0) is 28.7 Å². The van der Waals surface area contributed by atoms with Gasteiger partial charge in [-0.2, -0.15) is 0 Å². The molecule has 0 aromatic rings. The minimum atomic E-state index is -0.831. The first-order valence-corrected chi connectivity index (χ1v) is 7.96. The van der Waals surface area contributed by atoms with Gasteiger partial charge < -0.3 is 19.3 Å². The van der Waals surface area contributed by atoms with Crippen LogP contribution in [0.5, 0.6) is 0 Å².